The summed E-state index contributed by atoms with van der Waals surface area (Å²) in [4.78, 5) is 11.3. The molecule has 3 N–H and O–H groups in total. The van der Waals surface area contributed by atoms with Gasteiger partial charge in [-0.15, -0.1) is 0 Å². The first kappa shape index (κ1) is 15.2. The van der Waals surface area contributed by atoms with Crippen molar-refractivity contribution in [1.29, 1.82) is 0 Å². The van der Waals surface area contributed by atoms with E-state index in [-0.39, 0.29) is 17.9 Å². The lowest BCUT2D eigenvalue weighted by molar-refractivity contribution is -0.167. The summed E-state index contributed by atoms with van der Waals surface area (Å²) in [5.74, 6) is 4.67. The van der Waals surface area contributed by atoms with Gasteiger partial charge in [0.2, 0.25) is 5.91 Å². The van der Waals surface area contributed by atoms with Gasteiger partial charge in [0, 0.05) is 5.92 Å². The van der Waals surface area contributed by atoms with Crippen LogP contribution in [0.25, 0.3) is 0 Å². The van der Waals surface area contributed by atoms with Crippen LogP contribution in [0.2, 0.25) is 0 Å². The third kappa shape index (κ3) is 5.22. The molecule has 0 aromatic heterocycles. The number of alkyl halides is 3. The Hall–Kier alpha value is -0.820. The number of rotatable bonds is 4. The molecule has 0 heterocycles. The molecule has 1 aliphatic rings. The van der Waals surface area contributed by atoms with Crippen LogP contribution in [0.15, 0.2) is 0 Å². The van der Waals surface area contributed by atoms with Crippen LogP contribution in [-0.2, 0) is 9.53 Å². The first-order chi connectivity index (χ1) is 8.31. The van der Waals surface area contributed by atoms with Gasteiger partial charge in [-0.25, -0.2) is 5.84 Å². The van der Waals surface area contributed by atoms with Gasteiger partial charge in [-0.3, -0.25) is 10.2 Å². The topological polar surface area (TPSA) is 64.3 Å². The van der Waals surface area contributed by atoms with Gasteiger partial charge in [0.25, 0.3) is 0 Å². The fourth-order valence-electron chi connectivity index (χ4n) is 2.28. The molecule has 1 atom stereocenters. The summed E-state index contributed by atoms with van der Waals surface area (Å²) in [6.45, 7) is 1.42. The molecular weight excluding hydrogens is 249 g/mol. The second kappa shape index (κ2) is 6.38. The smallest absolute Gasteiger partial charge is 0.375 e. The van der Waals surface area contributed by atoms with E-state index in [1.165, 1.54) is 6.92 Å². The number of hydrazine groups is 1. The van der Waals surface area contributed by atoms with E-state index in [2.05, 4.69) is 5.43 Å². The van der Waals surface area contributed by atoms with E-state index in [0.717, 1.165) is 0 Å². The van der Waals surface area contributed by atoms with E-state index in [0.29, 0.717) is 25.7 Å². The van der Waals surface area contributed by atoms with Crippen LogP contribution in [0, 0.1) is 5.92 Å². The van der Waals surface area contributed by atoms with Crippen LogP contribution >= 0.6 is 0 Å². The molecule has 4 nitrogen and oxygen atoms in total. The van der Waals surface area contributed by atoms with Crippen molar-refractivity contribution in [3.05, 3.63) is 0 Å². The van der Waals surface area contributed by atoms with Crippen molar-refractivity contribution in [1.82, 2.24) is 5.43 Å². The van der Waals surface area contributed by atoms with E-state index < -0.39 is 18.7 Å². The minimum absolute atomic E-state index is 0.146. The molecule has 18 heavy (non-hydrogen) atoms. The standard InChI is InChI=1S/C11H19F3N2O2/c1-7(6-11(12,13)14)18-9-4-2-8(3-5-9)10(17)16-15/h7-9H,2-6,15H2,1H3,(H,16,17). The summed E-state index contributed by atoms with van der Waals surface area (Å²) >= 11 is 0. The lowest BCUT2D eigenvalue weighted by atomic mass is 9.87. The van der Waals surface area contributed by atoms with Crippen LogP contribution in [0.3, 0.4) is 0 Å². The van der Waals surface area contributed by atoms with E-state index in [1.54, 1.807) is 0 Å². The monoisotopic (exact) mass is 268 g/mol. The van der Waals surface area contributed by atoms with Gasteiger partial charge >= 0.3 is 6.18 Å². The van der Waals surface area contributed by atoms with Gasteiger partial charge in [-0.1, -0.05) is 0 Å². The Labute approximate surface area is 104 Å². The zero-order chi connectivity index (χ0) is 13.8. The van der Waals surface area contributed by atoms with Gasteiger partial charge in [0.05, 0.1) is 18.6 Å². The number of halogens is 3. The number of hydrogen-bond acceptors (Lipinski definition) is 3. The van der Waals surface area contributed by atoms with Gasteiger partial charge in [0.1, 0.15) is 0 Å². The highest BCUT2D eigenvalue weighted by molar-refractivity contribution is 5.77. The van der Waals surface area contributed by atoms with Crippen molar-refractivity contribution in [2.75, 3.05) is 0 Å². The number of nitrogens with one attached hydrogen (secondary N) is 1. The average Bonchev–Trinajstić information content (AvgIpc) is 2.26. The predicted molar refractivity (Wildman–Crippen MR) is 59.3 cm³/mol. The van der Waals surface area contributed by atoms with E-state index in [4.69, 9.17) is 10.6 Å². The van der Waals surface area contributed by atoms with E-state index in [1.807, 2.05) is 0 Å². The van der Waals surface area contributed by atoms with E-state index in [9.17, 15) is 18.0 Å². The molecule has 0 aromatic carbocycles. The average molecular weight is 268 g/mol. The molecule has 1 amide bonds. The molecule has 1 aliphatic carbocycles. The highest BCUT2D eigenvalue weighted by Crippen LogP contribution is 2.29. The first-order valence-electron chi connectivity index (χ1n) is 6.04. The van der Waals surface area contributed by atoms with Gasteiger partial charge in [-0.05, 0) is 32.6 Å². The zero-order valence-electron chi connectivity index (χ0n) is 10.3. The molecule has 1 fully saturated rings. The Morgan fingerprint density at radius 1 is 1.39 bits per heavy atom. The van der Waals surface area contributed by atoms with Gasteiger partial charge < -0.3 is 4.74 Å². The molecule has 0 bridgehead atoms. The predicted octanol–water partition coefficient (Wildman–Crippen LogP) is 1.89. The van der Waals surface area contributed by atoms with Crippen molar-refractivity contribution in [2.45, 2.75) is 57.4 Å². The van der Waals surface area contributed by atoms with E-state index >= 15 is 0 Å². The lowest BCUT2D eigenvalue weighted by Gasteiger charge is -2.29. The van der Waals surface area contributed by atoms with Crippen molar-refractivity contribution >= 4 is 5.91 Å². The minimum atomic E-state index is -4.20. The quantitative estimate of drug-likeness (QED) is 0.465. The molecule has 7 heteroatoms. The number of hydrogen-bond donors (Lipinski definition) is 2. The summed E-state index contributed by atoms with van der Waals surface area (Å²) in [5, 5.41) is 0. The van der Waals surface area contributed by atoms with Crippen molar-refractivity contribution in [2.24, 2.45) is 11.8 Å². The Balaban J connectivity index is 2.29. The summed E-state index contributed by atoms with van der Waals surface area (Å²) in [6, 6.07) is 0. The zero-order valence-corrected chi connectivity index (χ0v) is 10.3. The molecular formula is C11H19F3N2O2. The van der Waals surface area contributed by atoms with Crippen LogP contribution in [-0.4, -0.2) is 24.3 Å². The van der Waals surface area contributed by atoms with Gasteiger partial charge in [0.15, 0.2) is 0 Å². The second-order valence-corrected chi connectivity index (χ2v) is 4.75. The maximum absolute atomic E-state index is 12.1. The van der Waals surface area contributed by atoms with Crippen molar-refractivity contribution in [3.63, 3.8) is 0 Å². The molecule has 0 saturated heterocycles. The third-order valence-corrected chi connectivity index (χ3v) is 3.13. The summed E-state index contributed by atoms with van der Waals surface area (Å²) in [5.41, 5.74) is 2.09. The maximum atomic E-state index is 12.1. The molecule has 1 saturated carbocycles. The number of carbonyl (C=O) groups is 1. The normalized spacial score (nSPS) is 26.7. The second-order valence-electron chi connectivity index (χ2n) is 4.75. The summed E-state index contributed by atoms with van der Waals surface area (Å²) < 4.78 is 41.7. The van der Waals surface area contributed by atoms with Crippen LogP contribution in [0.4, 0.5) is 13.2 Å². The highest BCUT2D eigenvalue weighted by atomic mass is 19.4. The molecule has 106 valence electrons. The van der Waals surface area contributed by atoms with Crippen LogP contribution < -0.4 is 11.3 Å². The Kier molecular flexibility index (Phi) is 5.40. The van der Waals surface area contributed by atoms with Crippen molar-refractivity contribution in [3.8, 4) is 0 Å². The molecule has 0 spiro atoms. The summed E-state index contributed by atoms with van der Waals surface area (Å²) in [6.07, 6.45) is -3.76. The van der Waals surface area contributed by atoms with Crippen LogP contribution in [0.5, 0.6) is 0 Å². The number of nitrogens with two attached hydrogens (primary N) is 1. The van der Waals surface area contributed by atoms with Crippen molar-refractivity contribution < 1.29 is 22.7 Å². The third-order valence-electron chi connectivity index (χ3n) is 3.13. The molecule has 0 radical (unpaired) electrons. The summed E-state index contributed by atoms with van der Waals surface area (Å²) in [7, 11) is 0. The fourth-order valence-corrected chi connectivity index (χ4v) is 2.28. The lowest BCUT2D eigenvalue weighted by Crippen LogP contribution is -2.39. The molecule has 1 rings (SSSR count). The van der Waals surface area contributed by atoms with Crippen LogP contribution in [0.1, 0.15) is 39.0 Å². The van der Waals surface area contributed by atoms with Gasteiger partial charge in [-0.2, -0.15) is 13.2 Å². The maximum Gasteiger partial charge on any atom is 0.391 e. The number of ether oxygens (including phenoxy) is 1. The Morgan fingerprint density at radius 2 is 1.94 bits per heavy atom. The molecule has 0 aliphatic heterocycles. The minimum Gasteiger partial charge on any atom is -0.375 e. The Bertz CT molecular complexity index is 276. The number of carbonyl (C=O) groups excluding carboxylic acids is 1. The highest BCUT2D eigenvalue weighted by Gasteiger charge is 2.33. The Morgan fingerprint density at radius 3 is 2.39 bits per heavy atom. The molecule has 0 aromatic rings. The SMILES string of the molecule is CC(CC(F)(F)F)OC1CCC(C(=O)NN)CC1. The first-order valence-corrected chi connectivity index (χ1v) is 6.04. The number of amides is 1. The largest absolute Gasteiger partial charge is 0.391 e. The fraction of sp³-hybridized carbons (Fsp3) is 0.909. The molecule has 1 unspecified atom stereocenters.